The van der Waals surface area contributed by atoms with Crippen molar-refractivity contribution in [2.75, 3.05) is 19.6 Å². The van der Waals surface area contributed by atoms with Crippen LogP contribution in [-0.2, 0) is 19.3 Å². The molecule has 0 spiro atoms. The van der Waals surface area contributed by atoms with Gasteiger partial charge < -0.3 is 9.47 Å². The van der Waals surface area contributed by atoms with Gasteiger partial charge in [-0.1, -0.05) is 42.8 Å². The van der Waals surface area contributed by atoms with Gasteiger partial charge in [-0.2, -0.15) is 0 Å². The van der Waals surface area contributed by atoms with Crippen LogP contribution in [0.1, 0.15) is 41.6 Å². The molecule has 0 N–H and O–H groups in total. The molecule has 3 aromatic rings. The lowest BCUT2D eigenvalue weighted by Gasteiger charge is -2.26. The van der Waals surface area contributed by atoms with Crippen molar-refractivity contribution in [3.63, 3.8) is 0 Å². The summed E-state index contributed by atoms with van der Waals surface area (Å²) in [6.45, 7) is 6.10. The molecule has 1 aromatic heterocycles. The van der Waals surface area contributed by atoms with Crippen LogP contribution in [0, 0.1) is 6.92 Å². The van der Waals surface area contributed by atoms with Crippen molar-refractivity contribution in [3.8, 4) is 5.69 Å². The molecule has 2 aliphatic rings. The zero-order chi connectivity index (χ0) is 17.5. The van der Waals surface area contributed by atoms with E-state index in [1.54, 1.807) is 5.56 Å². The minimum absolute atomic E-state index is 1.14. The topological polar surface area (TPSA) is 8.17 Å². The molecule has 0 saturated carbocycles. The highest BCUT2D eigenvalue weighted by Gasteiger charge is 2.22. The van der Waals surface area contributed by atoms with Gasteiger partial charge in [0.25, 0.3) is 0 Å². The smallest absolute Gasteiger partial charge is 0.0566 e. The number of fused-ring (bicyclic) bond motifs is 2. The van der Waals surface area contributed by atoms with E-state index in [9.17, 15) is 0 Å². The third-order valence-electron chi connectivity index (χ3n) is 6.46. The summed E-state index contributed by atoms with van der Waals surface area (Å²) in [6, 6.07) is 15.9. The van der Waals surface area contributed by atoms with Gasteiger partial charge in [0.05, 0.1) is 5.52 Å². The molecule has 2 heteroatoms. The Labute approximate surface area is 156 Å². The Balaban J connectivity index is 1.61. The van der Waals surface area contributed by atoms with Gasteiger partial charge in [-0.25, -0.2) is 0 Å². The van der Waals surface area contributed by atoms with E-state index in [0.29, 0.717) is 0 Å². The number of para-hydroxylation sites is 2. The molecule has 2 aromatic carbocycles. The highest BCUT2D eigenvalue weighted by Crippen LogP contribution is 2.36. The molecule has 0 bridgehead atoms. The molecular formula is C24H28N2. The Morgan fingerprint density at radius 3 is 2.50 bits per heavy atom. The number of aromatic nitrogens is 1. The molecule has 2 aliphatic heterocycles. The Bertz CT molecular complexity index is 944. The number of piperidine rings is 1. The van der Waals surface area contributed by atoms with Gasteiger partial charge in [-0.15, -0.1) is 0 Å². The van der Waals surface area contributed by atoms with E-state index in [1.165, 1.54) is 78.7 Å². The molecule has 3 heterocycles. The molecule has 0 amide bonds. The van der Waals surface area contributed by atoms with Gasteiger partial charge in [0.15, 0.2) is 0 Å². The maximum atomic E-state index is 2.66. The number of hydrogen-bond donors (Lipinski definition) is 0. The molecule has 0 unspecified atom stereocenters. The lowest BCUT2D eigenvalue weighted by atomic mass is 10.0. The molecule has 0 aliphatic carbocycles. The Morgan fingerprint density at radius 1 is 0.846 bits per heavy atom. The van der Waals surface area contributed by atoms with Crippen molar-refractivity contribution in [2.45, 2.75) is 45.4 Å². The summed E-state index contributed by atoms with van der Waals surface area (Å²) < 4.78 is 2.55. The zero-order valence-electron chi connectivity index (χ0n) is 15.8. The summed E-state index contributed by atoms with van der Waals surface area (Å²) in [7, 11) is 0. The van der Waals surface area contributed by atoms with Crippen LogP contribution in [-0.4, -0.2) is 29.1 Å². The molecule has 5 rings (SSSR count). The van der Waals surface area contributed by atoms with Crippen LogP contribution in [0.15, 0.2) is 42.5 Å². The molecule has 134 valence electrons. The first-order chi connectivity index (χ1) is 12.8. The summed E-state index contributed by atoms with van der Waals surface area (Å²) in [5.74, 6) is 0. The number of nitrogens with zero attached hydrogens (tertiary/aromatic N) is 2. The minimum Gasteiger partial charge on any atom is -0.313 e. The Kier molecular flexibility index (Phi) is 4.09. The van der Waals surface area contributed by atoms with Crippen LogP contribution in [0.5, 0.6) is 0 Å². The average molecular weight is 345 g/mol. The first-order valence-electron chi connectivity index (χ1n) is 10.3. The lowest BCUT2D eigenvalue weighted by Crippen LogP contribution is -2.31. The van der Waals surface area contributed by atoms with Crippen molar-refractivity contribution < 1.29 is 0 Å². The van der Waals surface area contributed by atoms with E-state index in [4.69, 9.17) is 0 Å². The molecular weight excluding hydrogens is 316 g/mol. The lowest BCUT2D eigenvalue weighted by molar-refractivity contribution is 0.231. The molecule has 2 nitrogen and oxygen atoms in total. The highest BCUT2D eigenvalue weighted by atomic mass is 15.1. The summed E-state index contributed by atoms with van der Waals surface area (Å²) in [5, 5.41) is 1.48. The van der Waals surface area contributed by atoms with Crippen molar-refractivity contribution in [2.24, 2.45) is 0 Å². The number of rotatable bonds is 3. The predicted octanol–water partition coefficient (Wildman–Crippen LogP) is 5.07. The van der Waals surface area contributed by atoms with E-state index in [2.05, 4.69) is 58.9 Å². The zero-order valence-corrected chi connectivity index (χ0v) is 15.8. The first-order valence-corrected chi connectivity index (χ1v) is 10.3. The molecule has 0 radical (unpaired) electrons. The van der Waals surface area contributed by atoms with Crippen LogP contribution in [0.2, 0.25) is 0 Å². The van der Waals surface area contributed by atoms with Crippen LogP contribution in [0.4, 0.5) is 0 Å². The molecule has 0 atom stereocenters. The summed E-state index contributed by atoms with van der Waals surface area (Å²) in [6.07, 6.45) is 7.61. The minimum atomic E-state index is 1.14. The second-order valence-electron chi connectivity index (χ2n) is 7.99. The normalized spacial score (nSPS) is 17.3. The molecule has 26 heavy (non-hydrogen) atoms. The monoisotopic (exact) mass is 344 g/mol. The van der Waals surface area contributed by atoms with Crippen molar-refractivity contribution in [1.29, 1.82) is 0 Å². The largest absolute Gasteiger partial charge is 0.313 e. The van der Waals surface area contributed by atoms with Gasteiger partial charge >= 0.3 is 0 Å². The molecule has 1 fully saturated rings. The van der Waals surface area contributed by atoms with Crippen LogP contribution in [0.3, 0.4) is 0 Å². The Hall–Kier alpha value is -2.06. The van der Waals surface area contributed by atoms with Crippen LogP contribution >= 0.6 is 0 Å². The van der Waals surface area contributed by atoms with Crippen molar-refractivity contribution in [3.05, 3.63) is 64.8 Å². The summed E-state index contributed by atoms with van der Waals surface area (Å²) in [5.41, 5.74) is 8.84. The second kappa shape index (κ2) is 6.59. The van der Waals surface area contributed by atoms with Gasteiger partial charge in [0.2, 0.25) is 0 Å². The maximum absolute atomic E-state index is 2.66. The maximum Gasteiger partial charge on any atom is 0.0566 e. The number of hydrogen-bond acceptors (Lipinski definition) is 1. The van der Waals surface area contributed by atoms with Gasteiger partial charge in [0, 0.05) is 23.3 Å². The standard InChI is InChI=1S/C24H28N2/c1-18-21(14-17-25-15-5-2-6-16-25)22-10-7-9-20-13-12-19-8-3-4-11-23(19)26(18)24(20)22/h3-4,7-11H,2,5-6,12-17H2,1H3. The number of likely N-dealkylation sites (tertiary alicyclic amines) is 1. The SMILES string of the molecule is Cc1c(CCN2CCCCC2)c2cccc3c2n1-c1ccccc1CC3. The highest BCUT2D eigenvalue weighted by molar-refractivity contribution is 5.90. The van der Waals surface area contributed by atoms with E-state index in [1.807, 2.05) is 0 Å². The van der Waals surface area contributed by atoms with Gasteiger partial charge in [-0.05, 0) is 74.9 Å². The van der Waals surface area contributed by atoms with E-state index in [-0.39, 0.29) is 0 Å². The van der Waals surface area contributed by atoms with E-state index >= 15 is 0 Å². The third-order valence-corrected chi connectivity index (χ3v) is 6.46. The summed E-state index contributed by atoms with van der Waals surface area (Å²) >= 11 is 0. The fourth-order valence-corrected chi connectivity index (χ4v) is 5.08. The quantitative estimate of drug-likeness (QED) is 0.644. The van der Waals surface area contributed by atoms with E-state index < -0.39 is 0 Å². The second-order valence-corrected chi connectivity index (χ2v) is 7.99. The predicted molar refractivity (Wildman–Crippen MR) is 109 cm³/mol. The fraction of sp³-hybridized carbons (Fsp3) is 0.417. The van der Waals surface area contributed by atoms with Crippen LogP contribution in [0.25, 0.3) is 16.6 Å². The Morgan fingerprint density at radius 2 is 1.62 bits per heavy atom. The van der Waals surface area contributed by atoms with Gasteiger partial charge in [0.1, 0.15) is 0 Å². The van der Waals surface area contributed by atoms with Crippen molar-refractivity contribution in [1.82, 2.24) is 9.47 Å². The van der Waals surface area contributed by atoms with Gasteiger partial charge in [-0.3, -0.25) is 0 Å². The van der Waals surface area contributed by atoms with Crippen molar-refractivity contribution >= 4 is 10.9 Å². The first kappa shape index (κ1) is 16.1. The average Bonchev–Trinajstić information content (AvgIpc) is 2.86. The fourth-order valence-electron chi connectivity index (χ4n) is 5.08. The number of aryl methyl sites for hydroxylation is 2. The third kappa shape index (κ3) is 2.59. The van der Waals surface area contributed by atoms with Crippen LogP contribution < -0.4 is 0 Å². The van der Waals surface area contributed by atoms with E-state index in [0.717, 1.165) is 12.8 Å². The number of benzene rings is 2. The molecule has 1 saturated heterocycles. The summed E-state index contributed by atoms with van der Waals surface area (Å²) in [4.78, 5) is 2.66.